The van der Waals surface area contributed by atoms with E-state index in [1.807, 2.05) is 3.63 Å². The Hall–Kier alpha value is -0.495. The van der Waals surface area contributed by atoms with E-state index < -0.39 is 31.3 Å². The molecule has 0 aliphatic heterocycles. The van der Waals surface area contributed by atoms with Crippen LogP contribution in [-0.2, 0) is 23.9 Å². The van der Waals surface area contributed by atoms with E-state index in [0.717, 1.165) is 0 Å². The summed E-state index contributed by atoms with van der Waals surface area (Å²) in [6, 6.07) is 0. The molecule has 0 aliphatic carbocycles. The molecule has 0 spiro atoms. The number of hydrogen-bond donors (Lipinski definition) is 0. The Morgan fingerprint density at radius 2 is 0.875 bits per heavy atom. The fourth-order valence-corrected chi connectivity index (χ4v) is 1.76. The zero-order valence-corrected chi connectivity index (χ0v) is 7.76. The van der Waals surface area contributed by atoms with E-state index in [1.54, 1.807) is 0 Å². The SMILES string of the molecule is B.O=S(=O)(OS(=O)(=O)C(F)(F)F)C(F)(F)F. The average molecular weight is 296 g/mol. The molecule has 0 heterocycles. The Morgan fingerprint density at radius 1 is 0.688 bits per heavy atom. The van der Waals surface area contributed by atoms with Crippen molar-refractivity contribution in [2.24, 2.45) is 0 Å². The average Bonchev–Trinajstić information content (AvgIpc) is 1.77. The Balaban J connectivity index is 0. The molecule has 0 saturated heterocycles. The predicted molar refractivity (Wildman–Crippen MR) is 41.0 cm³/mol. The van der Waals surface area contributed by atoms with E-state index >= 15 is 0 Å². The number of hydrogen-bond acceptors (Lipinski definition) is 5. The van der Waals surface area contributed by atoms with Crippen molar-refractivity contribution in [3.63, 3.8) is 0 Å². The van der Waals surface area contributed by atoms with Gasteiger partial charge in [-0.25, -0.2) is 0 Å². The van der Waals surface area contributed by atoms with Crippen molar-refractivity contribution in [2.45, 2.75) is 11.0 Å². The molecular formula is C2H3BF6O5S2. The second-order valence-corrected chi connectivity index (χ2v) is 5.15. The summed E-state index contributed by atoms with van der Waals surface area (Å²) in [5.41, 5.74) is -12.5. The molecule has 0 N–H and O–H groups in total. The van der Waals surface area contributed by atoms with Gasteiger partial charge in [-0.1, -0.05) is 0 Å². The molecule has 0 radical (unpaired) electrons. The van der Waals surface area contributed by atoms with Crippen LogP contribution >= 0.6 is 0 Å². The molecule has 14 heteroatoms. The van der Waals surface area contributed by atoms with Crippen LogP contribution in [0, 0.1) is 0 Å². The van der Waals surface area contributed by atoms with Gasteiger partial charge in [-0.05, 0) is 0 Å². The molecule has 0 unspecified atom stereocenters. The number of alkyl halides is 6. The zero-order chi connectivity index (χ0) is 12.7. The lowest BCUT2D eigenvalue weighted by molar-refractivity contribution is -0.0585. The van der Waals surface area contributed by atoms with Gasteiger partial charge in [0.05, 0.1) is 8.41 Å². The Kier molecular flexibility index (Phi) is 4.92. The fourth-order valence-electron chi connectivity index (χ4n) is 0.195. The first-order chi connectivity index (χ1) is 6.21. The molecule has 98 valence electrons. The number of halogens is 6. The normalized spacial score (nSPS) is 14.4. The van der Waals surface area contributed by atoms with Gasteiger partial charge in [-0.3, -0.25) is 0 Å². The van der Waals surface area contributed by atoms with E-state index in [9.17, 15) is 43.2 Å². The van der Waals surface area contributed by atoms with Crippen LogP contribution in [0.4, 0.5) is 26.3 Å². The molecule has 0 aliphatic rings. The smallest absolute Gasteiger partial charge is 0.188 e. The first-order valence-corrected chi connectivity index (χ1v) is 5.36. The van der Waals surface area contributed by atoms with E-state index in [4.69, 9.17) is 0 Å². The molecule has 16 heavy (non-hydrogen) atoms. The highest BCUT2D eigenvalue weighted by molar-refractivity contribution is 8.00. The molecule has 0 rings (SSSR count). The van der Waals surface area contributed by atoms with Crippen molar-refractivity contribution in [1.82, 2.24) is 0 Å². The summed E-state index contributed by atoms with van der Waals surface area (Å²) in [6.07, 6.45) is 0. The fraction of sp³-hybridized carbons (Fsp3) is 1.00. The van der Waals surface area contributed by atoms with Crippen LogP contribution in [-0.4, -0.2) is 36.3 Å². The second-order valence-electron chi connectivity index (χ2n) is 1.87. The molecular weight excluding hydrogens is 293 g/mol. The summed E-state index contributed by atoms with van der Waals surface area (Å²) in [5.74, 6) is 0. The monoisotopic (exact) mass is 296 g/mol. The minimum Gasteiger partial charge on any atom is -0.188 e. The van der Waals surface area contributed by atoms with Crippen molar-refractivity contribution in [1.29, 1.82) is 0 Å². The highest BCUT2D eigenvalue weighted by Gasteiger charge is 2.57. The van der Waals surface area contributed by atoms with Crippen LogP contribution < -0.4 is 0 Å². The summed E-state index contributed by atoms with van der Waals surface area (Å²) in [4.78, 5) is 0. The highest BCUT2D eigenvalue weighted by atomic mass is 32.3. The molecule has 0 aromatic rings. The maximum atomic E-state index is 11.4. The van der Waals surface area contributed by atoms with Crippen molar-refractivity contribution in [3.8, 4) is 0 Å². The van der Waals surface area contributed by atoms with E-state index in [-0.39, 0.29) is 8.41 Å². The summed E-state index contributed by atoms with van der Waals surface area (Å²) >= 11 is 0. The predicted octanol–water partition coefficient (Wildman–Crippen LogP) is -0.482. The lowest BCUT2D eigenvalue weighted by atomic mass is 10.8. The van der Waals surface area contributed by atoms with Gasteiger partial charge < -0.3 is 0 Å². The first kappa shape index (κ1) is 17.9. The van der Waals surface area contributed by atoms with Crippen molar-refractivity contribution in [3.05, 3.63) is 0 Å². The Morgan fingerprint density at radius 3 is 1.00 bits per heavy atom. The minimum atomic E-state index is -6.85. The second kappa shape index (κ2) is 4.41. The van der Waals surface area contributed by atoms with Gasteiger partial charge in [-0.2, -0.15) is 43.2 Å². The van der Waals surface area contributed by atoms with Gasteiger partial charge in [0.1, 0.15) is 0 Å². The third-order valence-corrected chi connectivity index (χ3v) is 3.31. The summed E-state index contributed by atoms with van der Waals surface area (Å²) in [5, 5.41) is 0. The Bertz CT molecular complexity index is 387. The van der Waals surface area contributed by atoms with Crippen LogP contribution in [0.15, 0.2) is 0 Å². The van der Waals surface area contributed by atoms with E-state index in [2.05, 4.69) is 0 Å². The first-order valence-electron chi connectivity index (χ1n) is 2.54. The topological polar surface area (TPSA) is 77.5 Å². The molecule has 0 aromatic heterocycles. The molecule has 0 saturated carbocycles. The van der Waals surface area contributed by atoms with Crippen LogP contribution in [0.1, 0.15) is 0 Å². The summed E-state index contributed by atoms with van der Waals surface area (Å²) in [6.45, 7) is 0. The Labute approximate surface area is 87.2 Å². The quantitative estimate of drug-likeness (QED) is 0.391. The van der Waals surface area contributed by atoms with Crippen LogP contribution in [0.2, 0.25) is 0 Å². The molecule has 0 atom stereocenters. The zero-order valence-electron chi connectivity index (χ0n) is 6.13. The van der Waals surface area contributed by atoms with Crippen molar-refractivity contribution in [2.75, 3.05) is 0 Å². The molecule has 0 bridgehead atoms. The van der Waals surface area contributed by atoms with Crippen LogP contribution in [0.25, 0.3) is 0 Å². The van der Waals surface area contributed by atoms with Gasteiger partial charge in [0.15, 0.2) is 0 Å². The molecule has 0 aromatic carbocycles. The maximum absolute atomic E-state index is 11.4. The van der Waals surface area contributed by atoms with Gasteiger partial charge in [0.2, 0.25) is 0 Å². The van der Waals surface area contributed by atoms with E-state index in [1.165, 1.54) is 0 Å². The molecule has 0 amide bonds. The standard InChI is InChI=1S/C2F6O5S2.BH3/c3-1(4,5)14(9,10)13-15(11,12)2(6,7)8;/h;1H3. The van der Waals surface area contributed by atoms with Gasteiger partial charge >= 0.3 is 31.3 Å². The van der Waals surface area contributed by atoms with Crippen molar-refractivity contribution < 1.29 is 46.8 Å². The third kappa shape index (κ3) is 3.82. The number of rotatable bonds is 2. The highest BCUT2D eigenvalue weighted by Crippen LogP contribution is 2.31. The van der Waals surface area contributed by atoms with Crippen molar-refractivity contribution >= 4 is 28.6 Å². The summed E-state index contributed by atoms with van der Waals surface area (Å²) in [7, 11) is -13.7. The third-order valence-electron chi connectivity index (χ3n) is 0.746. The lowest BCUT2D eigenvalue weighted by Crippen LogP contribution is -2.34. The van der Waals surface area contributed by atoms with Crippen LogP contribution in [0.3, 0.4) is 0 Å². The van der Waals surface area contributed by atoms with Gasteiger partial charge in [-0.15, -0.1) is 3.63 Å². The largest absolute Gasteiger partial charge is 0.524 e. The minimum absolute atomic E-state index is 0. The van der Waals surface area contributed by atoms with Crippen LogP contribution in [0.5, 0.6) is 0 Å². The van der Waals surface area contributed by atoms with E-state index in [0.29, 0.717) is 0 Å². The van der Waals surface area contributed by atoms with Gasteiger partial charge in [0, 0.05) is 0 Å². The summed E-state index contributed by atoms with van der Waals surface area (Å²) < 4.78 is 110. The lowest BCUT2D eigenvalue weighted by Gasteiger charge is -2.09. The maximum Gasteiger partial charge on any atom is 0.524 e. The molecule has 5 nitrogen and oxygen atoms in total. The van der Waals surface area contributed by atoms with Gasteiger partial charge in [0.25, 0.3) is 0 Å². The molecule has 0 fully saturated rings.